The summed E-state index contributed by atoms with van der Waals surface area (Å²) in [5.74, 6) is 7.02. The van der Waals surface area contributed by atoms with Gasteiger partial charge in [-0.1, -0.05) is 48.9 Å². The van der Waals surface area contributed by atoms with Crippen molar-refractivity contribution in [3.8, 4) is 40.2 Å². The van der Waals surface area contributed by atoms with Gasteiger partial charge in [0.1, 0.15) is 17.5 Å². The molecular weight excluding hydrogens is 719 g/mol. The summed E-state index contributed by atoms with van der Waals surface area (Å²) in [6.45, 7) is 0.810. The summed E-state index contributed by atoms with van der Waals surface area (Å²) in [6, 6.07) is 20.3. The maximum Gasteiger partial charge on any atom is 0.160 e. The van der Waals surface area contributed by atoms with Gasteiger partial charge in [0.2, 0.25) is 0 Å². The van der Waals surface area contributed by atoms with E-state index < -0.39 is 24.0 Å². The molecule has 0 aromatic heterocycles. The van der Waals surface area contributed by atoms with Gasteiger partial charge in [-0.15, -0.1) is 0 Å². The molecule has 7 rings (SSSR count). The first-order valence-electron chi connectivity index (χ1n) is 20.6. The molecule has 1 saturated carbocycles. The lowest BCUT2D eigenvalue weighted by Crippen LogP contribution is -2.48. The minimum Gasteiger partial charge on any atom is -0.508 e. The fraction of sp³-hybridized carbons (Fsp3) is 0.458. The molecule has 1 saturated heterocycles. The monoisotopic (exact) mass is 773 g/mol. The summed E-state index contributed by atoms with van der Waals surface area (Å²) in [5, 5.41) is 59.5. The van der Waals surface area contributed by atoms with Gasteiger partial charge in [-0.25, -0.2) is 0 Å². The highest BCUT2D eigenvalue weighted by Gasteiger charge is 2.35. The first-order chi connectivity index (χ1) is 27.6. The Morgan fingerprint density at radius 1 is 0.912 bits per heavy atom. The van der Waals surface area contributed by atoms with Crippen LogP contribution in [0.1, 0.15) is 105 Å². The summed E-state index contributed by atoms with van der Waals surface area (Å²) in [5.41, 5.74) is 4.72. The highest BCUT2D eigenvalue weighted by molar-refractivity contribution is 5.98. The van der Waals surface area contributed by atoms with E-state index in [0.29, 0.717) is 73.5 Å². The highest BCUT2D eigenvalue weighted by Crippen LogP contribution is 2.40. The van der Waals surface area contributed by atoms with E-state index in [0.717, 1.165) is 77.2 Å². The van der Waals surface area contributed by atoms with Gasteiger partial charge in [-0.2, -0.15) is 0 Å². The third-order valence-electron chi connectivity index (χ3n) is 12.6. The van der Waals surface area contributed by atoms with E-state index >= 15 is 0 Å². The van der Waals surface area contributed by atoms with Crippen molar-refractivity contribution < 1.29 is 39.9 Å². The van der Waals surface area contributed by atoms with Crippen LogP contribution >= 0.6 is 0 Å². The number of aliphatic hydroxyl groups excluding tert-OH is 3. The molecule has 9 nitrogen and oxygen atoms in total. The third kappa shape index (κ3) is 9.54. The smallest absolute Gasteiger partial charge is 0.160 e. The first kappa shape index (κ1) is 40.5. The SMILES string of the molecule is COc1cc2c(cc1O)[C@H](CC[C@H](O)c1cc(-c3cccc(CO)c3)c3cc(O)ccc3c1)C#C[C@H]([C@H](O)CCCC[C@@H]1CN[C@@H]3CC(=O)CC[C@@H]3C1)C(=O)CC2. The zero-order valence-electron chi connectivity index (χ0n) is 32.8. The number of unbranched alkanes of at least 4 members (excludes halogenated alkanes) is 1. The summed E-state index contributed by atoms with van der Waals surface area (Å²) in [6.07, 6.45) is 6.25. The average Bonchev–Trinajstić information content (AvgIpc) is 3.28. The van der Waals surface area contributed by atoms with Crippen LogP contribution in [0.25, 0.3) is 21.9 Å². The molecular formula is C48H55NO8. The second-order valence-electron chi connectivity index (χ2n) is 16.4. The van der Waals surface area contributed by atoms with E-state index in [1.54, 1.807) is 24.3 Å². The Morgan fingerprint density at radius 2 is 1.77 bits per heavy atom. The number of Topliss-reactive ketones (excluding diaryl/α,β-unsaturated/α-hetero) is 2. The number of methoxy groups -OCH3 is 1. The molecule has 4 aromatic rings. The van der Waals surface area contributed by atoms with Crippen molar-refractivity contribution in [2.24, 2.45) is 17.8 Å². The maximum atomic E-state index is 13.7. The van der Waals surface area contributed by atoms with Gasteiger partial charge in [0.25, 0.3) is 0 Å². The molecule has 300 valence electrons. The van der Waals surface area contributed by atoms with Crippen LogP contribution in [0.2, 0.25) is 0 Å². The molecule has 0 amide bonds. The van der Waals surface area contributed by atoms with Crippen molar-refractivity contribution in [1.29, 1.82) is 0 Å². The van der Waals surface area contributed by atoms with Gasteiger partial charge >= 0.3 is 0 Å². The van der Waals surface area contributed by atoms with Crippen molar-refractivity contribution in [1.82, 2.24) is 5.32 Å². The lowest BCUT2D eigenvalue weighted by molar-refractivity contribution is -0.124. The Hall–Kier alpha value is -4.72. The molecule has 4 aromatic carbocycles. The van der Waals surface area contributed by atoms with Crippen LogP contribution in [0.3, 0.4) is 0 Å². The van der Waals surface area contributed by atoms with Gasteiger partial charge < -0.3 is 35.6 Å². The zero-order chi connectivity index (χ0) is 40.1. The van der Waals surface area contributed by atoms with E-state index in [4.69, 9.17) is 4.74 Å². The lowest BCUT2D eigenvalue weighted by Gasteiger charge is -2.39. The number of nitrogens with one attached hydrogen (secondary N) is 1. The molecule has 0 bridgehead atoms. The minimum atomic E-state index is -0.904. The van der Waals surface area contributed by atoms with Gasteiger partial charge in [0, 0.05) is 31.2 Å². The number of hydrogen-bond donors (Lipinski definition) is 6. The molecule has 1 heterocycles. The van der Waals surface area contributed by atoms with Crippen LogP contribution in [0.5, 0.6) is 17.2 Å². The number of aliphatic hydroxyl groups is 3. The van der Waals surface area contributed by atoms with Crippen molar-refractivity contribution in [2.45, 2.75) is 108 Å². The second kappa shape index (κ2) is 18.3. The van der Waals surface area contributed by atoms with Crippen LogP contribution < -0.4 is 10.1 Å². The molecule has 0 spiro atoms. The number of fused-ring (bicyclic) bond motifs is 3. The number of aryl methyl sites for hydroxylation is 1. The molecule has 2 aliphatic carbocycles. The third-order valence-corrected chi connectivity index (χ3v) is 12.6. The predicted molar refractivity (Wildman–Crippen MR) is 220 cm³/mol. The van der Waals surface area contributed by atoms with Gasteiger partial charge in [0.05, 0.1) is 25.9 Å². The van der Waals surface area contributed by atoms with Crippen LogP contribution in [0, 0.1) is 29.6 Å². The molecule has 3 aliphatic rings. The van der Waals surface area contributed by atoms with E-state index in [-0.39, 0.29) is 30.3 Å². The fourth-order valence-electron chi connectivity index (χ4n) is 9.35. The molecule has 57 heavy (non-hydrogen) atoms. The van der Waals surface area contributed by atoms with E-state index in [2.05, 4.69) is 17.2 Å². The number of phenols is 2. The van der Waals surface area contributed by atoms with E-state index in [1.165, 1.54) is 7.11 Å². The topological polar surface area (TPSA) is 157 Å². The van der Waals surface area contributed by atoms with Crippen molar-refractivity contribution >= 4 is 22.3 Å². The lowest BCUT2D eigenvalue weighted by atomic mass is 9.74. The Morgan fingerprint density at radius 3 is 2.60 bits per heavy atom. The minimum absolute atomic E-state index is 0.0287. The Bertz CT molecular complexity index is 2150. The molecule has 0 unspecified atom stereocenters. The normalized spacial score (nSPS) is 23.3. The van der Waals surface area contributed by atoms with Crippen molar-refractivity contribution in [2.75, 3.05) is 13.7 Å². The quantitative estimate of drug-likeness (QED) is 0.0602. The van der Waals surface area contributed by atoms with Crippen LogP contribution in [-0.4, -0.2) is 62.9 Å². The van der Waals surface area contributed by atoms with Crippen LogP contribution in [0.4, 0.5) is 0 Å². The number of ether oxygens (including phenoxy) is 1. The Kier molecular flexibility index (Phi) is 13.0. The highest BCUT2D eigenvalue weighted by atomic mass is 16.5. The fourth-order valence-corrected chi connectivity index (χ4v) is 9.35. The maximum absolute atomic E-state index is 13.7. The molecule has 2 fully saturated rings. The van der Waals surface area contributed by atoms with Gasteiger partial charge in [-0.3, -0.25) is 9.59 Å². The molecule has 1 aliphatic heterocycles. The zero-order valence-corrected chi connectivity index (χ0v) is 32.8. The summed E-state index contributed by atoms with van der Waals surface area (Å²) in [7, 11) is 1.49. The summed E-state index contributed by atoms with van der Waals surface area (Å²) >= 11 is 0. The number of piperidine rings is 1. The average molecular weight is 774 g/mol. The molecule has 6 N–H and O–H groups in total. The molecule has 9 heteroatoms. The number of hydrogen-bond acceptors (Lipinski definition) is 9. The number of carbonyl (C=O) groups is 2. The standard InChI is InChI=1S/C48H55NO8/c1-57-48-23-34-13-18-46(55)39(45(54)8-3-2-5-29-19-35-10-15-38(52)25-43(35)49-27-29)16-11-31(40(34)26-47(48)56)12-17-44(53)36-21-33-9-14-37(51)24-42(33)41(22-36)32-7-4-6-30(20-32)28-50/h4,6-7,9,14,20-24,26,29,31,35,39,43-45,49-51,53-54,56H,2-3,5,8,10,12-13,15,17-19,25,27-28H2,1H3/t29-,31-,35+,39+,43+,44-,45+/m0/s1. The summed E-state index contributed by atoms with van der Waals surface area (Å²) in [4.78, 5) is 25.6. The number of aromatic hydroxyl groups is 2. The number of rotatable bonds is 13. The van der Waals surface area contributed by atoms with Crippen molar-refractivity contribution in [3.05, 3.63) is 89.0 Å². The number of ketones is 2. The van der Waals surface area contributed by atoms with Gasteiger partial charge in [-0.05, 0) is 150 Å². The first-order valence-corrected chi connectivity index (χ1v) is 20.6. The number of phenolic OH excluding ortho intramolecular Hbond substituents is 2. The Labute approximate surface area is 335 Å². The van der Waals surface area contributed by atoms with Gasteiger partial charge in [0.15, 0.2) is 17.3 Å². The number of benzene rings is 4. The van der Waals surface area contributed by atoms with E-state index in [1.807, 2.05) is 42.5 Å². The van der Waals surface area contributed by atoms with E-state index in [9.17, 15) is 35.1 Å². The van der Waals surface area contributed by atoms with Crippen molar-refractivity contribution in [3.63, 3.8) is 0 Å². The number of carbonyl (C=O) groups excluding carboxylic acids is 2. The molecule has 0 radical (unpaired) electrons. The second-order valence-corrected chi connectivity index (χ2v) is 16.4. The summed E-state index contributed by atoms with van der Waals surface area (Å²) < 4.78 is 5.43. The predicted octanol–water partition coefficient (Wildman–Crippen LogP) is 7.42. The van der Waals surface area contributed by atoms with Crippen LogP contribution in [0.15, 0.2) is 66.7 Å². The van der Waals surface area contributed by atoms with Crippen LogP contribution in [-0.2, 0) is 22.6 Å². The molecule has 7 atom stereocenters. The largest absolute Gasteiger partial charge is 0.508 e. The Balaban J connectivity index is 1.08.